The first-order chi connectivity index (χ1) is 11.3. The summed E-state index contributed by atoms with van der Waals surface area (Å²) in [4.78, 5) is 0. The Morgan fingerprint density at radius 2 is 1.54 bits per heavy atom. The van der Waals surface area contributed by atoms with Gasteiger partial charge in [-0.15, -0.1) is 0 Å². The average molecular weight is 367 g/mol. The van der Waals surface area contributed by atoms with Crippen molar-refractivity contribution in [2.24, 2.45) is 5.92 Å². The number of hydrogen-bond donors (Lipinski definition) is 0. The summed E-state index contributed by atoms with van der Waals surface area (Å²) in [5.41, 5.74) is 1.41. The molecule has 0 bridgehead atoms. The van der Waals surface area contributed by atoms with Gasteiger partial charge in [-0.3, -0.25) is 0 Å². The molecule has 4 nitrogen and oxygen atoms in total. The van der Waals surface area contributed by atoms with Gasteiger partial charge in [0.25, 0.3) is 0 Å². The topological polar surface area (TPSA) is 68.9 Å². The van der Waals surface area contributed by atoms with E-state index in [1.165, 1.54) is 11.5 Å². The molecule has 1 aliphatic carbocycles. The van der Waals surface area contributed by atoms with E-state index in [1.807, 2.05) is 0 Å². The Morgan fingerprint density at radius 3 is 1.96 bits per heavy atom. The first-order valence-electron chi connectivity index (χ1n) is 6.72. The van der Waals surface area contributed by atoms with Gasteiger partial charge in [-0.1, -0.05) is 37.3 Å². The molecule has 1 atom stereocenters. The van der Waals surface area contributed by atoms with E-state index in [0.29, 0.717) is 5.92 Å². The van der Waals surface area contributed by atoms with Gasteiger partial charge in [0.05, 0.1) is 0 Å². The van der Waals surface area contributed by atoms with Crippen molar-refractivity contribution in [3.63, 3.8) is 0 Å². The zero-order valence-electron chi connectivity index (χ0n) is 13.6. The third-order valence-corrected chi connectivity index (χ3v) is 3.25. The van der Waals surface area contributed by atoms with Crippen LogP contribution >= 0.6 is 0 Å². The van der Waals surface area contributed by atoms with Crippen molar-refractivity contribution in [1.82, 2.24) is 0 Å². The minimum absolute atomic E-state index is 0. The van der Waals surface area contributed by atoms with Crippen LogP contribution in [0.15, 0.2) is 30.3 Å². The first kappa shape index (κ1) is 27.8. The molecule has 0 amide bonds. The van der Waals surface area contributed by atoms with Crippen molar-refractivity contribution >= 4 is 0 Å². The fourth-order valence-corrected chi connectivity index (χ4v) is 2.16. The molecular formula is C19H19FeO4. The Morgan fingerprint density at radius 1 is 1.00 bits per heavy atom. The van der Waals surface area contributed by atoms with Gasteiger partial charge in [0, 0.05) is 30.6 Å². The van der Waals surface area contributed by atoms with Gasteiger partial charge >= 0.3 is 33.9 Å². The summed E-state index contributed by atoms with van der Waals surface area (Å²) in [6.07, 6.45) is 9.49. The molecule has 2 rings (SSSR count). The molecule has 5 radical (unpaired) electrons. The van der Waals surface area contributed by atoms with Gasteiger partial charge in [-0.05, 0) is 43.1 Å². The fraction of sp³-hybridized carbons (Fsp3) is 0.263. The van der Waals surface area contributed by atoms with Crippen LogP contribution in [0, 0.1) is 57.2 Å². The molecule has 0 saturated heterocycles. The molecule has 0 N–H and O–H groups in total. The third-order valence-electron chi connectivity index (χ3n) is 3.25. The van der Waals surface area contributed by atoms with Crippen LogP contribution in [-0.4, -0.2) is 7.11 Å². The van der Waals surface area contributed by atoms with Crippen molar-refractivity contribution in [2.45, 2.75) is 19.8 Å². The zero-order chi connectivity index (χ0) is 18.1. The van der Waals surface area contributed by atoms with Crippen LogP contribution in [0.25, 0.3) is 0 Å². The van der Waals surface area contributed by atoms with Crippen LogP contribution in [-0.2, 0) is 42.2 Å². The van der Waals surface area contributed by atoms with Crippen molar-refractivity contribution in [2.75, 3.05) is 7.11 Å². The van der Waals surface area contributed by atoms with Crippen molar-refractivity contribution in [1.29, 1.82) is 0 Å². The molecule has 1 saturated carbocycles. The van der Waals surface area contributed by atoms with E-state index in [2.05, 4.69) is 76.5 Å². The quantitative estimate of drug-likeness (QED) is 0.456. The Labute approximate surface area is 156 Å². The summed E-state index contributed by atoms with van der Waals surface area (Å²) in [5.74, 6) is 2.07. The largest absolute Gasteiger partial charge is 0 e. The summed E-state index contributed by atoms with van der Waals surface area (Å²) < 4.78 is 27.7. The second-order valence-electron chi connectivity index (χ2n) is 4.51. The van der Waals surface area contributed by atoms with Crippen LogP contribution in [0.3, 0.4) is 0 Å². The summed E-state index contributed by atoms with van der Waals surface area (Å²) >= 11 is 0. The van der Waals surface area contributed by atoms with E-state index in [-0.39, 0.29) is 17.1 Å². The van der Waals surface area contributed by atoms with Gasteiger partial charge in [0.15, 0.2) is 0 Å². The van der Waals surface area contributed by atoms with Crippen molar-refractivity contribution < 1.29 is 35.8 Å². The molecule has 1 aromatic rings. The van der Waals surface area contributed by atoms with Crippen molar-refractivity contribution in [3.8, 4) is 0 Å². The summed E-state index contributed by atoms with van der Waals surface area (Å²) in [6, 6.07) is 10.7. The minimum atomic E-state index is 0. The Balaban J connectivity index is -0.000000569. The van der Waals surface area contributed by atoms with Crippen molar-refractivity contribution in [3.05, 3.63) is 87.1 Å². The van der Waals surface area contributed by atoms with Gasteiger partial charge < -0.3 is 4.74 Å². The van der Waals surface area contributed by atoms with E-state index in [1.54, 1.807) is 7.11 Å². The maximum atomic E-state index is 7.50. The number of hydrogen-bond acceptors (Lipinski definition) is 1. The zero-order valence-corrected chi connectivity index (χ0v) is 14.7. The van der Waals surface area contributed by atoms with E-state index in [9.17, 15) is 0 Å². The Kier molecular flexibility index (Phi) is 23.1. The molecule has 0 aliphatic heterocycles. The molecule has 1 aromatic carbocycles. The summed E-state index contributed by atoms with van der Waals surface area (Å²) in [5, 5.41) is 0. The Bertz CT molecular complexity index is 419. The molecule has 0 heterocycles. The third kappa shape index (κ3) is 11.5. The molecule has 5 heteroatoms. The molecule has 1 unspecified atom stereocenters. The predicted molar refractivity (Wildman–Crippen MR) is 82.1 cm³/mol. The summed E-state index contributed by atoms with van der Waals surface area (Å²) in [7, 11) is 1.72. The van der Waals surface area contributed by atoms with Crippen LogP contribution in [0.2, 0.25) is 0 Å². The first-order valence-corrected chi connectivity index (χ1v) is 6.72. The molecule has 1 aliphatic rings. The SMILES string of the molecule is CO[C]1[CH][CH][C](C(C)Cc2ccccc2)C[CH]1.[C-]#[O+].[C-]#[O+].[C-]#[O+].[Fe]. The fourth-order valence-electron chi connectivity index (χ4n) is 2.16. The number of ether oxygens (including phenoxy) is 1. The van der Waals surface area contributed by atoms with Gasteiger partial charge in [-0.25, -0.2) is 0 Å². The molecular weight excluding hydrogens is 348 g/mol. The summed E-state index contributed by atoms with van der Waals surface area (Å²) in [6.45, 7) is 15.8. The smallest absolute Gasteiger partial charge is 0 e. The Hall–Kier alpha value is -1.08. The number of methoxy groups -OCH3 is 1. The van der Waals surface area contributed by atoms with E-state index >= 15 is 0 Å². The second-order valence-corrected chi connectivity index (χ2v) is 4.51. The number of rotatable bonds is 4. The normalized spacial score (nSPS) is 14.7. The van der Waals surface area contributed by atoms with E-state index in [0.717, 1.165) is 18.9 Å². The maximum absolute atomic E-state index is 7.50. The monoisotopic (exact) mass is 367 g/mol. The van der Waals surface area contributed by atoms with Crippen LogP contribution < -0.4 is 0 Å². The maximum Gasteiger partial charge on any atom is 0 e. The van der Waals surface area contributed by atoms with E-state index < -0.39 is 0 Å². The molecule has 1 fully saturated rings. The van der Waals surface area contributed by atoms with Gasteiger partial charge in [-0.2, -0.15) is 0 Å². The van der Waals surface area contributed by atoms with Crippen LogP contribution in [0.5, 0.6) is 0 Å². The average Bonchev–Trinajstić information content (AvgIpc) is 2.67. The molecule has 0 spiro atoms. The second kappa shape index (κ2) is 20.0. The molecule has 0 aromatic heterocycles. The van der Waals surface area contributed by atoms with Gasteiger partial charge in [0.1, 0.15) is 6.10 Å². The van der Waals surface area contributed by atoms with Crippen LogP contribution in [0.4, 0.5) is 0 Å². The van der Waals surface area contributed by atoms with Gasteiger partial charge in [0.2, 0.25) is 0 Å². The number of benzene rings is 1. The minimum Gasteiger partial charge on any atom is 0 e. The standard InChI is InChI=1S/C16H19O.3CO.Fe/c1-13(12-14-6-4-3-5-7-14)15-8-10-16(17-2)11-9-15;3*1-2;/h3-8,10-11,13H,9,12H2,1-2H3;;;;. The molecule has 127 valence electrons. The predicted octanol–water partition coefficient (Wildman–Crippen LogP) is 3.52. The molecule has 24 heavy (non-hydrogen) atoms. The van der Waals surface area contributed by atoms with E-state index in [4.69, 9.17) is 18.7 Å². The van der Waals surface area contributed by atoms with Crippen LogP contribution in [0.1, 0.15) is 18.9 Å².